The third-order valence-electron chi connectivity index (χ3n) is 4.84. The smallest absolute Gasteiger partial charge is 0.331 e. The van der Waals surface area contributed by atoms with Crippen molar-refractivity contribution in [2.24, 2.45) is 0 Å². The lowest BCUT2D eigenvalue weighted by Crippen LogP contribution is -2.45. The molecule has 1 aromatic rings. The van der Waals surface area contributed by atoms with Crippen molar-refractivity contribution in [3.05, 3.63) is 18.2 Å². The van der Waals surface area contributed by atoms with Crippen LogP contribution < -0.4 is 9.64 Å². The van der Waals surface area contributed by atoms with Crippen LogP contribution in [0.4, 0.5) is 5.69 Å². The number of hydrogen-bond donors (Lipinski definition) is 0. The van der Waals surface area contributed by atoms with Crippen LogP contribution in [-0.4, -0.2) is 57.1 Å². The fourth-order valence-electron chi connectivity index (χ4n) is 3.32. The summed E-state index contributed by atoms with van der Waals surface area (Å²) in [5, 5.41) is 0. The van der Waals surface area contributed by atoms with Crippen molar-refractivity contribution < 1.29 is 22.7 Å². The Labute approximate surface area is 153 Å². The predicted octanol–water partition coefficient (Wildman–Crippen LogP) is 1.61. The summed E-state index contributed by atoms with van der Waals surface area (Å²) in [6, 6.07) is 4.48. The van der Waals surface area contributed by atoms with Crippen molar-refractivity contribution in [3.63, 3.8) is 0 Å². The van der Waals surface area contributed by atoms with Crippen LogP contribution in [0.5, 0.6) is 5.75 Å². The molecule has 0 atom stereocenters. The molecule has 0 saturated carbocycles. The van der Waals surface area contributed by atoms with Crippen molar-refractivity contribution in [2.75, 3.05) is 36.8 Å². The van der Waals surface area contributed by atoms with Crippen molar-refractivity contribution in [1.29, 1.82) is 0 Å². The van der Waals surface area contributed by atoms with Gasteiger partial charge in [-0.25, -0.2) is 13.2 Å². The van der Waals surface area contributed by atoms with Crippen LogP contribution in [0.15, 0.2) is 23.1 Å². The van der Waals surface area contributed by atoms with Crippen molar-refractivity contribution in [3.8, 4) is 5.75 Å². The van der Waals surface area contributed by atoms with Crippen LogP contribution in [-0.2, 0) is 19.4 Å². The molecule has 0 N–H and O–H groups in total. The minimum absolute atomic E-state index is 0.0159. The summed E-state index contributed by atoms with van der Waals surface area (Å²) in [7, 11) is -3.40. The van der Waals surface area contributed by atoms with E-state index < -0.39 is 15.8 Å². The van der Waals surface area contributed by atoms with Gasteiger partial charge in [0.25, 0.3) is 0 Å². The van der Waals surface area contributed by atoms with E-state index in [0.29, 0.717) is 5.69 Å². The van der Waals surface area contributed by atoms with Gasteiger partial charge in [-0.3, -0.25) is 4.79 Å². The number of ether oxygens (including phenoxy) is 1. The molecule has 2 aliphatic rings. The number of amides is 1. The van der Waals surface area contributed by atoms with Gasteiger partial charge in [-0.2, -0.15) is 0 Å². The first-order chi connectivity index (χ1) is 12.4. The van der Waals surface area contributed by atoms with Crippen LogP contribution in [0.3, 0.4) is 0 Å². The van der Waals surface area contributed by atoms with Gasteiger partial charge in [0.2, 0.25) is 5.91 Å². The van der Waals surface area contributed by atoms with Gasteiger partial charge in [0.1, 0.15) is 6.54 Å². The zero-order valence-corrected chi connectivity index (χ0v) is 15.8. The average molecular weight is 380 g/mol. The molecular formula is C18H24N2O5S. The number of benzene rings is 1. The van der Waals surface area contributed by atoms with Crippen LogP contribution in [0.1, 0.15) is 32.6 Å². The lowest BCUT2D eigenvalue weighted by atomic mass is 10.2. The predicted molar refractivity (Wildman–Crippen MR) is 97.1 cm³/mol. The standard InChI is InChI=1S/C18H24N2O5S/c1-2-26(23,24)14-7-8-15-16(11-14)25-18(22)13-20(15)12-17(21)19-9-5-3-4-6-10-19/h7-8,11H,2-6,9-10,12-13H2,1H3. The molecule has 2 aliphatic heterocycles. The second-order valence-corrected chi connectivity index (χ2v) is 8.94. The second-order valence-electron chi connectivity index (χ2n) is 6.66. The van der Waals surface area contributed by atoms with Crippen LogP contribution in [0.25, 0.3) is 0 Å². The summed E-state index contributed by atoms with van der Waals surface area (Å²) in [5.41, 5.74) is 0.572. The number of carbonyl (C=O) groups excluding carboxylic acids is 2. The molecule has 142 valence electrons. The molecule has 8 heteroatoms. The largest absolute Gasteiger partial charge is 0.423 e. The van der Waals surface area contributed by atoms with Crippen LogP contribution in [0, 0.1) is 0 Å². The average Bonchev–Trinajstić information content (AvgIpc) is 2.90. The molecule has 1 aromatic carbocycles. The van der Waals surface area contributed by atoms with Gasteiger partial charge in [0.05, 0.1) is 22.9 Å². The number of likely N-dealkylation sites (tertiary alicyclic amines) is 1. The van der Waals surface area contributed by atoms with Gasteiger partial charge in [0, 0.05) is 19.2 Å². The Bertz CT molecular complexity index is 798. The number of sulfone groups is 1. The van der Waals surface area contributed by atoms with Crippen molar-refractivity contribution in [1.82, 2.24) is 4.90 Å². The van der Waals surface area contributed by atoms with E-state index in [-0.39, 0.29) is 35.4 Å². The molecular weight excluding hydrogens is 356 g/mol. The Balaban J connectivity index is 1.82. The highest BCUT2D eigenvalue weighted by molar-refractivity contribution is 7.91. The van der Waals surface area contributed by atoms with Gasteiger partial charge in [0.15, 0.2) is 15.6 Å². The molecule has 0 aromatic heterocycles. The minimum Gasteiger partial charge on any atom is -0.423 e. The van der Waals surface area contributed by atoms with Gasteiger partial charge >= 0.3 is 5.97 Å². The number of carbonyl (C=O) groups is 2. The highest BCUT2D eigenvalue weighted by atomic mass is 32.2. The molecule has 1 fully saturated rings. The third kappa shape index (κ3) is 4.00. The van der Waals surface area contributed by atoms with E-state index in [1.165, 1.54) is 12.1 Å². The molecule has 7 nitrogen and oxygen atoms in total. The fraction of sp³-hybridized carbons (Fsp3) is 0.556. The number of rotatable bonds is 4. The van der Waals surface area contributed by atoms with E-state index in [1.54, 1.807) is 17.9 Å². The maximum absolute atomic E-state index is 12.6. The molecule has 0 spiro atoms. The first-order valence-corrected chi connectivity index (χ1v) is 10.7. The monoisotopic (exact) mass is 380 g/mol. The normalized spacial score (nSPS) is 18.1. The zero-order chi connectivity index (χ0) is 18.7. The Kier molecular flexibility index (Phi) is 5.50. The second kappa shape index (κ2) is 7.65. The summed E-state index contributed by atoms with van der Waals surface area (Å²) in [4.78, 5) is 28.2. The van der Waals surface area contributed by atoms with E-state index in [0.717, 1.165) is 38.8 Å². The SMILES string of the molecule is CCS(=O)(=O)c1ccc2c(c1)OC(=O)CN2CC(=O)N1CCCCCC1. The summed E-state index contributed by atoms with van der Waals surface area (Å²) in [6.45, 7) is 3.12. The lowest BCUT2D eigenvalue weighted by Gasteiger charge is -2.31. The lowest BCUT2D eigenvalue weighted by molar-refractivity contribution is -0.133. The maximum Gasteiger partial charge on any atom is 0.331 e. The third-order valence-corrected chi connectivity index (χ3v) is 6.57. The van der Waals surface area contributed by atoms with Gasteiger partial charge in [-0.1, -0.05) is 19.8 Å². The quantitative estimate of drug-likeness (QED) is 0.583. The van der Waals surface area contributed by atoms with Crippen LogP contribution >= 0.6 is 0 Å². The first-order valence-electron chi connectivity index (χ1n) is 9.01. The number of anilines is 1. The van der Waals surface area contributed by atoms with Crippen molar-refractivity contribution in [2.45, 2.75) is 37.5 Å². The highest BCUT2D eigenvalue weighted by Crippen LogP contribution is 2.34. The summed E-state index contributed by atoms with van der Waals surface area (Å²) in [6.07, 6.45) is 4.28. The van der Waals surface area contributed by atoms with E-state index >= 15 is 0 Å². The number of esters is 1. The molecule has 0 aliphatic carbocycles. The number of nitrogens with zero attached hydrogens (tertiary/aromatic N) is 2. The molecule has 0 bridgehead atoms. The highest BCUT2D eigenvalue weighted by Gasteiger charge is 2.29. The molecule has 2 heterocycles. The van der Waals surface area contributed by atoms with Gasteiger partial charge in [-0.05, 0) is 25.0 Å². The summed E-state index contributed by atoms with van der Waals surface area (Å²) < 4.78 is 29.3. The van der Waals surface area contributed by atoms with Crippen LogP contribution in [0.2, 0.25) is 0 Å². The van der Waals surface area contributed by atoms with Gasteiger partial charge < -0.3 is 14.5 Å². The summed E-state index contributed by atoms with van der Waals surface area (Å²) >= 11 is 0. The molecule has 1 amide bonds. The van der Waals surface area contributed by atoms with E-state index in [9.17, 15) is 18.0 Å². The Morgan fingerprint density at radius 2 is 1.85 bits per heavy atom. The first kappa shape index (κ1) is 18.7. The molecule has 3 rings (SSSR count). The van der Waals surface area contributed by atoms with Crippen molar-refractivity contribution >= 4 is 27.4 Å². The van der Waals surface area contributed by atoms with E-state index in [2.05, 4.69) is 0 Å². The van der Waals surface area contributed by atoms with E-state index in [4.69, 9.17) is 4.74 Å². The number of hydrogen-bond acceptors (Lipinski definition) is 6. The summed E-state index contributed by atoms with van der Waals surface area (Å²) in [5.74, 6) is -0.346. The maximum atomic E-state index is 12.6. The molecule has 0 unspecified atom stereocenters. The van der Waals surface area contributed by atoms with E-state index in [1.807, 2.05) is 4.90 Å². The Morgan fingerprint density at radius 1 is 1.15 bits per heavy atom. The topological polar surface area (TPSA) is 84.0 Å². The van der Waals surface area contributed by atoms with Gasteiger partial charge in [-0.15, -0.1) is 0 Å². The molecule has 26 heavy (non-hydrogen) atoms. The fourth-order valence-corrected chi connectivity index (χ4v) is 4.21. The zero-order valence-electron chi connectivity index (χ0n) is 14.9. The molecule has 0 radical (unpaired) electrons. The molecule has 1 saturated heterocycles. The number of fused-ring (bicyclic) bond motifs is 1. The Hall–Kier alpha value is -2.09. The Morgan fingerprint density at radius 3 is 2.50 bits per heavy atom. The minimum atomic E-state index is -3.40.